The second kappa shape index (κ2) is 7.08. The Balaban J connectivity index is 1.20. The van der Waals surface area contributed by atoms with Gasteiger partial charge in [0, 0.05) is 33.1 Å². The van der Waals surface area contributed by atoms with E-state index in [4.69, 9.17) is 0 Å². The van der Waals surface area contributed by atoms with Gasteiger partial charge < -0.3 is 4.98 Å². The minimum absolute atomic E-state index is 0.0516. The van der Waals surface area contributed by atoms with Crippen molar-refractivity contribution in [3.05, 3.63) is 125 Å². The van der Waals surface area contributed by atoms with E-state index in [0.29, 0.717) is 5.92 Å². The predicted octanol–water partition coefficient (Wildman–Crippen LogP) is 8.75. The van der Waals surface area contributed by atoms with Crippen LogP contribution in [0, 0.1) is 0 Å². The summed E-state index contributed by atoms with van der Waals surface area (Å²) in [4.78, 5) is 3.53. The number of aromatic nitrogens is 1. The van der Waals surface area contributed by atoms with Crippen LogP contribution in [0.2, 0.25) is 0 Å². The average molecular weight is 438 g/mol. The molecule has 5 aromatic rings. The van der Waals surface area contributed by atoms with Gasteiger partial charge in [-0.05, 0) is 63.6 Å². The lowest BCUT2D eigenvalue weighted by Crippen LogP contribution is -2.15. The number of allylic oxidation sites excluding steroid dienone is 4. The molecule has 164 valence electrons. The molecule has 34 heavy (non-hydrogen) atoms. The van der Waals surface area contributed by atoms with E-state index in [1.54, 1.807) is 0 Å². The van der Waals surface area contributed by atoms with Gasteiger partial charge in [0.25, 0.3) is 0 Å². The molecule has 0 radical (unpaired) electrons. The molecule has 1 nitrogen and oxygen atoms in total. The summed E-state index contributed by atoms with van der Waals surface area (Å²) in [6.07, 6.45) is 8.15. The van der Waals surface area contributed by atoms with Crippen LogP contribution >= 0.6 is 0 Å². The maximum absolute atomic E-state index is 3.53. The summed E-state index contributed by atoms with van der Waals surface area (Å²) in [5.41, 5.74) is 12.2. The van der Waals surface area contributed by atoms with Crippen LogP contribution < -0.4 is 0 Å². The minimum atomic E-state index is 0.0516. The Kier molecular flexibility index (Phi) is 4.08. The summed E-state index contributed by atoms with van der Waals surface area (Å²) >= 11 is 0. The molecule has 0 aliphatic heterocycles. The van der Waals surface area contributed by atoms with E-state index in [2.05, 4.69) is 122 Å². The molecule has 0 saturated heterocycles. The van der Waals surface area contributed by atoms with Gasteiger partial charge in [-0.15, -0.1) is 0 Å². The zero-order valence-corrected chi connectivity index (χ0v) is 19.6. The zero-order valence-electron chi connectivity index (χ0n) is 19.6. The van der Waals surface area contributed by atoms with Gasteiger partial charge in [-0.3, -0.25) is 0 Å². The number of nitrogens with one attached hydrogen (secondary N) is 1. The second-order valence-corrected chi connectivity index (χ2v) is 10.3. The van der Waals surface area contributed by atoms with Crippen molar-refractivity contribution < 1.29 is 0 Å². The molecule has 0 bridgehead atoms. The Morgan fingerprint density at radius 3 is 2.41 bits per heavy atom. The van der Waals surface area contributed by atoms with Crippen molar-refractivity contribution in [3.8, 4) is 11.1 Å². The van der Waals surface area contributed by atoms with Crippen molar-refractivity contribution in [2.75, 3.05) is 0 Å². The SMILES string of the molecule is CC1(C)c2ccccc2-c2ccc(C3C=CC(c4ccc5[nH]c6ccccc6c5c4)=CC3)cc21. The van der Waals surface area contributed by atoms with Crippen LogP contribution in [0.1, 0.15) is 48.4 Å². The fourth-order valence-electron chi connectivity index (χ4n) is 6.06. The largest absolute Gasteiger partial charge is 0.355 e. The molecule has 7 rings (SSSR count). The fourth-order valence-corrected chi connectivity index (χ4v) is 6.06. The molecule has 2 aliphatic carbocycles. The number of aromatic amines is 1. The van der Waals surface area contributed by atoms with Crippen LogP contribution in [0.3, 0.4) is 0 Å². The molecule has 0 saturated carbocycles. The van der Waals surface area contributed by atoms with Gasteiger partial charge in [0.05, 0.1) is 0 Å². The first-order valence-electron chi connectivity index (χ1n) is 12.2. The van der Waals surface area contributed by atoms with Gasteiger partial charge in [0.15, 0.2) is 0 Å². The van der Waals surface area contributed by atoms with E-state index < -0.39 is 0 Å². The molecule has 1 unspecified atom stereocenters. The lowest BCUT2D eigenvalue weighted by Gasteiger charge is -2.23. The summed E-state index contributed by atoms with van der Waals surface area (Å²) in [6.45, 7) is 4.72. The summed E-state index contributed by atoms with van der Waals surface area (Å²) in [5.74, 6) is 0.422. The Morgan fingerprint density at radius 2 is 1.53 bits per heavy atom. The Morgan fingerprint density at radius 1 is 0.735 bits per heavy atom. The number of hydrogen-bond donors (Lipinski definition) is 1. The molecule has 0 amide bonds. The molecular formula is C33H27N. The number of fused-ring (bicyclic) bond motifs is 6. The summed E-state index contributed by atoms with van der Waals surface area (Å²) < 4.78 is 0. The predicted molar refractivity (Wildman–Crippen MR) is 144 cm³/mol. The Bertz CT molecular complexity index is 1660. The van der Waals surface area contributed by atoms with Crippen molar-refractivity contribution >= 4 is 27.4 Å². The summed E-state index contributed by atoms with van der Waals surface area (Å²) in [5, 5.41) is 2.59. The van der Waals surface area contributed by atoms with Crippen molar-refractivity contribution in [3.63, 3.8) is 0 Å². The van der Waals surface area contributed by atoms with E-state index in [1.165, 1.54) is 60.8 Å². The molecule has 4 aromatic carbocycles. The highest BCUT2D eigenvalue weighted by atomic mass is 14.7. The average Bonchev–Trinajstić information content (AvgIpc) is 3.36. The van der Waals surface area contributed by atoms with Crippen molar-refractivity contribution in [2.45, 2.75) is 31.6 Å². The summed E-state index contributed by atoms with van der Waals surface area (Å²) in [7, 11) is 0. The highest BCUT2D eigenvalue weighted by Gasteiger charge is 2.35. The topological polar surface area (TPSA) is 15.8 Å². The van der Waals surface area contributed by atoms with E-state index in [0.717, 1.165) is 6.42 Å². The van der Waals surface area contributed by atoms with Crippen LogP contribution in [0.5, 0.6) is 0 Å². The second-order valence-electron chi connectivity index (χ2n) is 10.3. The number of hydrogen-bond acceptors (Lipinski definition) is 0. The zero-order chi connectivity index (χ0) is 22.9. The first-order chi connectivity index (χ1) is 16.6. The number of H-pyrrole nitrogens is 1. The molecule has 2 aliphatic rings. The highest BCUT2D eigenvalue weighted by molar-refractivity contribution is 6.08. The normalized spacial score (nSPS) is 18.2. The fraction of sp³-hybridized carbons (Fsp3) is 0.152. The summed E-state index contributed by atoms with van der Waals surface area (Å²) in [6, 6.07) is 31.3. The third-order valence-corrected chi connectivity index (χ3v) is 7.97. The van der Waals surface area contributed by atoms with Gasteiger partial charge in [-0.1, -0.05) is 98.8 Å². The van der Waals surface area contributed by atoms with Gasteiger partial charge in [-0.25, -0.2) is 0 Å². The molecule has 0 fully saturated rings. The maximum atomic E-state index is 3.53. The smallest absolute Gasteiger partial charge is 0.0465 e. The molecule has 1 atom stereocenters. The van der Waals surface area contributed by atoms with Crippen LogP contribution in [0.15, 0.2) is 103 Å². The maximum Gasteiger partial charge on any atom is 0.0465 e. The van der Waals surface area contributed by atoms with E-state index in [1.807, 2.05) is 0 Å². The monoisotopic (exact) mass is 437 g/mol. The molecule has 1 aromatic heterocycles. The molecule has 1 heterocycles. The van der Waals surface area contributed by atoms with Crippen molar-refractivity contribution in [2.24, 2.45) is 0 Å². The molecule has 0 spiro atoms. The number of para-hydroxylation sites is 1. The van der Waals surface area contributed by atoms with E-state index in [-0.39, 0.29) is 5.41 Å². The van der Waals surface area contributed by atoms with Gasteiger partial charge in [-0.2, -0.15) is 0 Å². The van der Waals surface area contributed by atoms with E-state index in [9.17, 15) is 0 Å². The first-order valence-corrected chi connectivity index (χ1v) is 12.2. The van der Waals surface area contributed by atoms with Crippen LogP contribution in [0.25, 0.3) is 38.5 Å². The third kappa shape index (κ3) is 2.80. The number of benzene rings is 4. The van der Waals surface area contributed by atoms with Crippen LogP contribution in [-0.4, -0.2) is 4.98 Å². The Labute approximate surface area is 200 Å². The number of rotatable bonds is 2. The van der Waals surface area contributed by atoms with Crippen LogP contribution in [-0.2, 0) is 5.41 Å². The van der Waals surface area contributed by atoms with Crippen LogP contribution in [0.4, 0.5) is 0 Å². The third-order valence-electron chi connectivity index (χ3n) is 7.97. The standard InChI is InChI=1S/C33H27N/c1-33(2)29-9-5-3-7-25(29)26-17-15-24(20-30(26)33)22-13-11-21(12-14-22)23-16-18-32-28(19-23)27-8-4-6-10-31(27)34-32/h3-13,15-20,22,34H,14H2,1-2H3. The molecular weight excluding hydrogens is 410 g/mol. The van der Waals surface area contributed by atoms with Gasteiger partial charge in [0.1, 0.15) is 0 Å². The quantitative estimate of drug-likeness (QED) is 0.284. The molecule has 1 N–H and O–H groups in total. The highest BCUT2D eigenvalue weighted by Crippen LogP contribution is 2.49. The van der Waals surface area contributed by atoms with Crippen molar-refractivity contribution in [1.29, 1.82) is 0 Å². The minimum Gasteiger partial charge on any atom is -0.355 e. The Hall–Kier alpha value is -3.84. The lowest BCUT2D eigenvalue weighted by molar-refractivity contribution is 0.658. The lowest BCUT2D eigenvalue weighted by atomic mass is 9.80. The van der Waals surface area contributed by atoms with Gasteiger partial charge >= 0.3 is 0 Å². The van der Waals surface area contributed by atoms with E-state index >= 15 is 0 Å². The van der Waals surface area contributed by atoms with Gasteiger partial charge in [0.2, 0.25) is 0 Å². The molecule has 1 heteroatoms. The van der Waals surface area contributed by atoms with Crippen molar-refractivity contribution in [1.82, 2.24) is 4.98 Å². The first kappa shape index (κ1) is 19.6.